The molecular formula is H4I3Li. The molecule has 0 N–H and O–H groups in total. The Morgan fingerprint density at radius 1 is 0.750 bits per heavy atom. The fraction of sp³-hybridized carbons (Fsp3) is 0. The molecule has 0 aromatic rings. The van der Waals surface area contributed by atoms with Crippen molar-refractivity contribution in [2.24, 2.45) is 0 Å². The van der Waals surface area contributed by atoms with Crippen LogP contribution in [0.3, 0.4) is 0 Å². The summed E-state index contributed by atoms with van der Waals surface area (Å²) in [6, 6.07) is 0. The first-order chi connectivity index (χ1) is 0. The van der Waals surface area contributed by atoms with Crippen LogP contribution in [0.5, 0.6) is 0 Å². The Bertz CT molecular complexity index is 6.85. The molecule has 0 aliphatic carbocycles. The predicted molar refractivity (Wildman–Crippen MR) is 47.4 cm³/mol. The average molecular weight is 392 g/mol. The molecule has 0 saturated heterocycles. The van der Waals surface area contributed by atoms with Gasteiger partial charge in [-0.05, 0) is 0 Å². The van der Waals surface area contributed by atoms with Crippen molar-refractivity contribution in [1.29, 1.82) is 0 Å². The summed E-state index contributed by atoms with van der Waals surface area (Å²) < 4.78 is 0. The van der Waals surface area contributed by atoms with Crippen LogP contribution in [0.4, 0.5) is 0 Å². The van der Waals surface area contributed by atoms with Gasteiger partial charge in [0.25, 0.3) is 0 Å². The molecule has 0 aliphatic heterocycles. The van der Waals surface area contributed by atoms with Gasteiger partial charge in [-0.1, -0.05) is 0 Å². The first kappa shape index (κ1) is 29.3. The number of hydrogen-bond acceptors (Lipinski definition) is 0. The van der Waals surface area contributed by atoms with E-state index in [4.69, 9.17) is 0 Å². The molecule has 0 unspecified atom stereocenters. The maximum absolute atomic E-state index is 0. The summed E-state index contributed by atoms with van der Waals surface area (Å²) >= 11 is 0. The Labute approximate surface area is 90.6 Å². The van der Waals surface area contributed by atoms with Gasteiger partial charge in [-0.25, -0.2) is 0 Å². The van der Waals surface area contributed by atoms with Crippen molar-refractivity contribution in [3.05, 3.63) is 0 Å². The zero-order valence-electron chi connectivity index (χ0n) is 3.22. The van der Waals surface area contributed by atoms with Crippen LogP contribution in [0.25, 0.3) is 0 Å². The van der Waals surface area contributed by atoms with E-state index in [1.54, 1.807) is 0 Å². The van der Waals surface area contributed by atoms with Gasteiger partial charge < -0.3 is 1.43 Å². The largest absolute Gasteiger partial charge is 1.00 e. The molecule has 4 heteroatoms. The van der Waals surface area contributed by atoms with Crippen LogP contribution in [0.15, 0.2) is 0 Å². The van der Waals surface area contributed by atoms with Gasteiger partial charge in [0, 0.05) is 0 Å². The molecule has 0 aliphatic rings. The Morgan fingerprint density at radius 2 is 0.750 bits per heavy atom. The van der Waals surface area contributed by atoms with Crippen LogP contribution < -0.4 is 18.9 Å². The third-order valence-electron chi connectivity index (χ3n) is 0. The van der Waals surface area contributed by atoms with Crippen molar-refractivity contribution < 1.29 is 20.3 Å². The summed E-state index contributed by atoms with van der Waals surface area (Å²) in [5.74, 6) is 0. The van der Waals surface area contributed by atoms with Crippen molar-refractivity contribution >= 4 is 71.9 Å². The first-order valence-corrected chi connectivity index (χ1v) is 0. The number of rotatable bonds is 0. The maximum Gasteiger partial charge on any atom is 1.00 e. The molecule has 0 spiro atoms. The molecule has 0 amide bonds. The third kappa shape index (κ3) is 8.84. The molecule has 0 radical (unpaired) electrons. The normalized spacial score (nSPS) is 0. The molecule has 0 aromatic heterocycles. The maximum atomic E-state index is 0. The van der Waals surface area contributed by atoms with Gasteiger partial charge in [0.05, 0.1) is 0 Å². The molecule has 0 atom stereocenters. The zero-order chi connectivity index (χ0) is 0. The summed E-state index contributed by atoms with van der Waals surface area (Å²) in [5.41, 5.74) is 0. The number of halogens is 3. The minimum atomic E-state index is 0. The summed E-state index contributed by atoms with van der Waals surface area (Å²) in [6.07, 6.45) is 0. The Balaban J connectivity index is 0. The summed E-state index contributed by atoms with van der Waals surface area (Å²) in [5, 5.41) is 0. The first-order valence-electron chi connectivity index (χ1n) is 0. The summed E-state index contributed by atoms with van der Waals surface area (Å²) in [7, 11) is 0. The van der Waals surface area contributed by atoms with E-state index in [0.717, 1.165) is 0 Å². The topological polar surface area (TPSA) is 0 Å². The molecule has 0 nitrogen and oxygen atoms in total. The molecule has 0 saturated carbocycles. The second kappa shape index (κ2) is 17.1. The molecule has 26 valence electrons. The fourth-order valence-corrected chi connectivity index (χ4v) is 0. The van der Waals surface area contributed by atoms with Gasteiger partial charge >= 0.3 is 18.9 Å². The van der Waals surface area contributed by atoms with Crippen molar-refractivity contribution in [3.63, 3.8) is 0 Å². The molecule has 0 heterocycles. The van der Waals surface area contributed by atoms with Gasteiger partial charge in [-0.2, -0.15) is 0 Å². The van der Waals surface area contributed by atoms with E-state index < -0.39 is 0 Å². The van der Waals surface area contributed by atoms with E-state index in [2.05, 4.69) is 0 Å². The van der Waals surface area contributed by atoms with Gasteiger partial charge in [-0.15, -0.1) is 71.9 Å². The Hall–Kier alpha value is 2.79. The van der Waals surface area contributed by atoms with Crippen molar-refractivity contribution in [2.45, 2.75) is 0 Å². The molecule has 4 heavy (non-hydrogen) atoms. The second-order valence-corrected chi connectivity index (χ2v) is 0. The zero-order valence-corrected chi connectivity index (χ0v) is 9.22. The molecule has 0 aromatic carbocycles. The van der Waals surface area contributed by atoms with Crippen LogP contribution >= 0.6 is 71.9 Å². The van der Waals surface area contributed by atoms with Crippen LogP contribution in [0.2, 0.25) is 0 Å². The van der Waals surface area contributed by atoms with Gasteiger partial charge in [0.1, 0.15) is 0 Å². The van der Waals surface area contributed by atoms with Gasteiger partial charge in [0.15, 0.2) is 0 Å². The molecular weight excluding hydrogens is 388 g/mol. The van der Waals surface area contributed by atoms with E-state index in [1.165, 1.54) is 0 Å². The quantitative estimate of drug-likeness (QED) is 0.366. The molecule has 0 rings (SSSR count). The average Bonchev–Trinajstić information content (AvgIpc) is 0. The van der Waals surface area contributed by atoms with E-state index >= 15 is 0 Å². The second-order valence-electron chi connectivity index (χ2n) is 0. The van der Waals surface area contributed by atoms with Crippen LogP contribution in [-0.4, -0.2) is 0 Å². The monoisotopic (exact) mass is 392 g/mol. The van der Waals surface area contributed by atoms with Crippen LogP contribution in [0.1, 0.15) is 1.43 Å². The van der Waals surface area contributed by atoms with Crippen molar-refractivity contribution in [2.75, 3.05) is 0 Å². The van der Waals surface area contributed by atoms with E-state index in [1.807, 2.05) is 0 Å². The van der Waals surface area contributed by atoms with E-state index in [-0.39, 0.29) is 92.2 Å². The Kier molecular flexibility index (Phi) is 125. The summed E-state index contributed by atoms with van der Waals surface area (Å²) in [6.45, 7) is 0. The molecule has 0 fully saturated rings. The van der Waals surface area contributed by atoms with Gasteiger partial charge in [-0.3, -0.25) is 0 Å². The van der Waals surface area contributed by atoms with Crippen LogP contribution in [0, 0.1) is 0 Å². The Morgan fingerprint density at radius 3 is 0.750 bits per heavy atom. The minimum Gasteiger partial charge on any atom is -1.00 e. The van der Waals surface area contributed by atoms with Crippen molar-refractivity contribution in [1.82, 2.24) is 0 Å². The third-order valence-corrected chi connectivity index (χ3v) is 0. The number of hydrogen-bond donors (Lipinski definition) is 0. The minimum absolute atomic E-state index is 0. The van der Waals surface area contributed by atoms with E-state index in [0.29, 0.717) is 0 Å². The SMILES string of the molecule is I.I.I.[H-].[Li+]. The van der Waals surface area contributed by atoms with Crippen molar-refractivity contribution in [3.8, 4) is 0 Å². The van der Waals surface area contributed by atoms with Crippen LogP contribution in [-0.2, 0) is 0 Å². The van der Waals surface area contributed by atoms with E-state index in [9.17, 15) is 0 Å². The predicted octanol–water partition coefficient (Wildman–Crippen LogP) is -1.03. The smallest absolute Gasteiger partial charge is 1.00 e. The fourth-order valence-electron chi connectivity index (χ4n) is 0. The standard InChI is InChI=1S/3HI.Li.H/h3*1H;;/q;;;+1;-1. The summed E-state index contributed by atoms with van der Waals surface area (Å²) in [4.78, 5) is 0. The molecule has 0 bridgehead atoms. The van der Waals surface area contributed by atoms with Gasteiger partial charge in [0.2, 0.25) is 0 Å².